The normalized spacial score (nSPS) is 26.4. The van der Waals surface area contributed by atoms with E-state index >= 15 is 0 Å². The van der Waals surface area contributed by atoms with Crippen LogP contribution in [0, 0.1) is 0 Å². The Bertz CT molecular complexity index is 424. The van der Waals surface area contributed by atoms with E-state index in [2.05, 4.69) is 0 Å². The van der Waals surface area contributed by atoms with Crippen LogP contribution in [0.4, 0.5) is 0 Å². The van der Waals surface area contributed by atoms with Crippen LogP contribution in [-0.4, -0.2) is 25.5 Å². The molecule has 16 heavy (non-hydrogen) atoms. The van der Waals surface area contributed by atoms with E-state index in [1.165, 1.54) is 0 Å². The van der Waals surface area contributed by atoms with Gasteiger partial charge >= 0.3 is 0 Å². The van der Waals surface area contributed by atoms with Gasteiger partial charge in [-0.05, 0) is 30.9 Å². The van der Waals surface area contributed by atoms with Gasteiger partial charge in [0.05, 0.1) is 23.5 Å². The van der Waals surface area contributed by atoms with Crippen LogP contribution in [0.2, 0.25) is 0 Å². The lowest BCUT2D eigenvalue weighted by atomic mass is 10.0. The molecule has 0 aromatic carbocycles. The van der Waals surface area contributed by atoms with Crippen molar-refractivity contribution >= 4 is 9.84 Å². The van der Waals surface area contributed by atoms with Crippen molar-refractivity contribution in [2.45, 2.75) is 37.0 Å². The number of rotatable bonds is 3. The number of nitrogens with two attached hydrogens (primary N) is 1. The Kier molecular flexibility index (Phi) is 3.35. The average Bonchev–Trinajstić information content (AvgIpc) is 2.69. The van der Waals surface area contributed by atoms with E-state index in [9.17, 15) is 8.42 Å². The molecule has 2 rings (SSSR count). The molecule has 1 saturated heterocycles. The molecule has 2 atom stereocenters. The maximum atomic E-state index is 11.8. The molecule has 0 saturated carbocycles. The molecule has 4 nitrogen and oxygen atoms in total. The fourth-order valence-electron chi connectivity index (χ4n) is 2.27. The molecule has 2 unspecified atom stereocenters. The molecule has 2 N–H and O–H groups in total. The van der Waals surface area contributed by atoms with Crippen LogP contribution in [-0.2, 0) is 16.3 Å². The minimum absolute atomic E-state index is 0.288. The molecule has 1 aliphatic rings. The second kappa shape index (κ2) is 4.59. The summed E-state index contributed by atoms with van der Waals surface area (Å²) in [4.78, 5) is 0. The first-order valence-corrected chi connectivity index (χ1v) is 7.29. The van der Waals surface area contributed by atoms with Crippen molar-refractivity contribution in [1.82, 2.24) is 0 Å². The van der Waals surface area contributed by atoms with E-state index in [1.807, 2.05) is 6.07 Å². The lowest BCUT2D eigenvalue weighted by Gasteiger charge is -2.27. The molecule has 1 fully saturated rings. The fourth-order valence-corrected chi connectivity index (χ4v) is 4.34. The van der Waals surface area contributed by atoms with Gasteiger partial charge in [0.15, 0.2) is 9.84 Å². The summed E-state index contributed by atoms with van der Waals surface area (Å²) in [7, 11) is -2.98. The zero-order chi connectivity index (χ0) is 11.6. The minimum atomic E-state index is -2.98. The molecule has 0 bridgehead atoms. The highest BCUT2D eigenvalue weighted by atomic mass is 32.2. The Labute approximate surface area is 95.7 Å². The second-order valence-corrected chi connectivity index (χ2v) is 6.74. The standard InChI is InChI=1S/C11H17NO3S/c12-10(7-9-4-5-15-8-9)11-3-1-2-6-16(11,13)14/h4-5,8,10-11H,1-3,6-7,12H2. The molecular formula is C11H17NO3S. The minimum Gasteiger partial charge on any atom is -0.472 e. The summed E-state index contributed by atoms with van der Waals surface area (Å²) in [6.07, 6.45) is 6.20. The van der Waals surface area contributed by atoms with Crippen LogP contribution in [0.5, 0.6) is 0 Å². The summed E-state index contributed by atoms with van der Waals surface area (Å²) in [5.74, 6) is 0.288. The van der Waals surface area contributed by atoms with Gasteiger partial charge in [0.25, 0.3) is 0 Å². The predicted octanol–water partition coefficient (Wildman–Crippen LogP) is 1.12. The van der Waals surface area contributed by atoms with Crippen LogP contribution in [0.15, 0.2) is 23.0 Å². The first-order valence-electron chi connectivity index (χ1n) is 5.58. The Balaban J connectivity index is 2.06. The number of hydrogen-bond acceptors (Lipinski definition) is 4. The third-order valence-corrected chi connectivity index (χ3v) is 5.52. The smallest absolute Gasteiger partial charge is 0.154 e. The van der Waals surface area contributed by atoms with Gasteiger partial charge in [-0.15, -0.1) is 0 Å². The van der Waals surface area contributed by atoms with E-state index < -0.39 is 9.84 Å². The maximum absolute atomic E-state index is 11.8. The van der Waals surface area contributed by atoms with Gasteiger partial charge in [-0.2, -0.15) is 0 Å². The highest BCUT2D eigenvalue weighted by Crippen LogP contribution is 2.23. The van der Waals surface area contributed by atoms with Crippen LogP contribution < -0.4 is 5.73 Å². The van der Waals surface area contributed by atoms with Crippen molar-refractivity contribution < 1.29 is 12.8 Å². The van der Waals surface area contributed by atoms with E-state index in [0.29, 0.717) is 12.8 Å². The summed E-state index contributed by atoms with van der Waals surface area (Å²) >= 11 is 0. The van der Waals surface area contributed by atoms with Gasteiger partial charge in [-0.25, -0.2) is 8.42 Å². The largest absolute Gasteiger partial charge is 0.472 e. The first-order chi connectivity index (χ1) is 7.59. The summed E-state index contributed by atoms with van der Waals surface area (Å²) in [5.41, 5.74) is 6.96. The Morgan fingerprint density at radius 3 is 2.94 bits per heavy atom. The first kappa shape index (κ1) is 11.7. The SMILES string of the molecule is NC(Cc1ccoc1)C1CCCCS1(=O)=O. The highest BCUT2D eigenvalue weighted by Gasteiger charge is 2.33. The summed E-state index contributed by atoms with van der Waals surface area (Å²) < 4.78 is 28.6. The van der Waals surface area contributed by atoms with Crippen molar-refractivity contribution in [3.63, 3.8) is 0 Å². The van der Waals surface area contributed by atoms with Crippen LogP contribution in [0.25, 0.3) is 0 Å². The molecule has 0 amide bonds. The van der Waals surface area contributed by atoms with Gasteiger partial charge in [0.2, 0.25) is 0 Å². The summed E-state index contributed by atoms with van der Waals surface area (Å²) in [5, 5.41) is -0.379. The van der Waals surface area contributed by atoms with Gasteiger partial charge < -0.3 is 10.2 Å². The third-order valence-electron chi connectivity index (χ3n) is 3.16. The number of sulfone groups is 1. The van der Waals surface area contributed by atoms with Crippen LogP contribution >= 0.6 is 0 Å². The van der Waals surface area contributed by atoms with E-state index in [4.69, 9.17) is 10.2 Å². The Hall–Kier alpha value is -0.810. The number of hydrogen-bond donors (Lipinski definition) is 1. The molecule has 90 valence electrons. The van der Waals surface area contributed by atoms with Crippen molar-refractivity contribution in [3.8, 4) is 0 Å². The van der Waals surface area contributed by atoms with E-state index in [-0.39, 0.29) is 17.0 Å². The summed E-state index contributed by atoms with van der Waals surface area (Å²) in [6, 6.07) is 1.51. The predicted molar refractivity (Wildman–Crippen MR) is 61.8 cm³/mol. The second-order valence-electron chi connectivity index (χ2n) is 4.40. The molecule has 5 heteroatoms. The third kappa shape index (κ3) is 2.47. The fraction of sp³-hybridized carbons (Fsp3) is 0.636. The van der Waals surface area contributed by atoms with Crippen LogP contribution in [0.1, 0.15) is 24.8 Å². The molecule has 0 spiro atoms. The quantitative estimate of drug-likeness (QED) is 0.863. The maximum Gasteiger partial charge on any atom is 0.154 e. The lowest BCUT2D eigenvalue weighted by Crippen LogP contribution is -2.44. The summed E-state index contributed by atoms with van der Waals surface area (Å²) in [6.45, 7) is 0. The molecule has 1 aromatic rings. The zero-order valence-corrected chi connectivity index (χ0v) is 9.95. The molecule has 2 heterocycles. The monoisotopic (exact) mass is 243 g/mol. The van der Waals surface area contributed by atoms with Gasteiger partial charge in [0.1, 0.15) is 0 Å². The molecule has 1 aromatic heterocycles. The molecule has 1 aliphatic heterocycles. The van der Waals surface area contributed by atoms with E-state index in [0.717, 1.165) is 18.4 Å². The highest BCUT2D eigenvalue weighted by molar-refractivity contribution is 7.92. The molecule has 0 aliphatic carbocycles. The lowest BCUT2D eigenvalue weighted by molar-refractivity contribution is 0.493. The molecular weight excluding hydrogens is 226 g/mol. The topological polar surface area (TPSA) is 73.3 Å². The van der Waals surface area contributed by atoms with Crippen molar-refractivity contribution in [2.24, 2.45) is 5.73 Å². The van der Waals surface area contributed by atoms with Gasteiger partial charge in [-0.1, -0.05) is 6.42 Å². The van der Waals surface area contributed by atoms with Crippen molar-refractivity contribution in [2.75, 3.05) is 5.75 Å². The van der Waals surface area contributed by atoms with Crippen molar-refractivity contribution in [3.05, 3.63) is 24.2 Å². The average molecular weight is 243 g/mol. The Morgan fingerprint density at radius 1 is 1.50 bits per heavy atom. The zero-order valence-electron chi connectivity index (χ0n) is 9.13. The van der Waals surface area contributed by atoms with E-state index in [1.54, 1.807) is 12.5 Å². The van der Waals surface area contributed by atoms with Gasteiger partial charge in [-0.3, -0.25) is 0 Å². The molecule has 0 radical (unpaired) electrons. The van der Waals surface area contributed by atoms with Crippen LogP contribution in [0.3, 0.4) is 0 Å². The Morgan fingerprint density at radius 2 is 2.31 bits per heavy atom. The van der Waals surface area contributed by atoms with Crippen molar-refractivity contribution in [1.29, 1.82) is 0 Å². The number of furan rings is 1. The van der Waals surface area contributed by atoms with Gasteiger partial charge in [0, 0.05) is 6.04 Å².